The second-order valence-electron chi connectivity index (χ2n) is 2.27. The van der Waals surface area contributed by atoms with Crippen LogP contribution in [-0.4, -0.2) is 39.1 Å². The number of anilines is 1. The molecule has 1 aliphatic heterocycles. The minimum atomic E-state index is -0.395. The molecule has 1 aromatic heterocycles. The Morgan fingerprint density at radius 1 is 1.67 bits per heavy atom. The summed E-state index contributed by atoms with van der Waals surface area (Å²) in [4.78, 5) is 12.3. The molecule has 7 nitrogen and oxygen atoms in total. The van der Waals surface area contributed by atoms with Crippen molar-refractivity contribution < 1.29 is 4.79 Å². The van der Waals surface area contributed by atoms with E-state index in [0.29, 0.717) is 6.54 Å². The molecule has 12 heavy (non-hydrogen) atoms. The third-order valence-corrected chi connectivity index (χ3v) is 1.54. The summed E-state index contributed by atoms with van der Waals surface area (Å²) in [6.07, 6.45) is 0. The summed E-state index contributed by atoms with van der Waals surface area (Å²) in [5.74, 6) is 0.128. The van der Waals surface area contributed by atoms with E-state index in [9.17, 15) is 4.79 Å². The molecule has 1 aliphatic rings. The molecular weight excluding hydrogens is 184 g/mol. The lowest BCUT2D eigenvalue weighted by molar-refractivity contribution is -0.123. The van der Waals surface area contributed by atoms with Crippen LogP contribution in [0.25, 0.3) is 0 Å². The first-order chi connectivity index (χ1) is 5.29. The van der Waals surface area contributed by atoms with Gasteiger partial charge in [-0.3, -0.25) is 9.69 Å². The number of aromatic amines is 1. The van der Waals surface area contributed by atoms with Crippen LogP contribution in [-0.2, 0) is 4.79 Å². The molecule has 1 fully saturated rings. The van der Waals surface area contributed by atoms with Gasteiger partial charge in [0.2, 0.25) is 5.91 Å². The molecule has 2 heterocycles. The summed E-state index contributed by atoms with van der Waals surface area (Å²) in [5.41, 5.74) is 5.34. The van der Waals surface area contributed by atoms with Gasteiger partial charge in [-0.05, 0) is 5.21 Å². The van der Waals surface area contributed by atoms with Crippen LogP contribution in [0.5, 0.6) is 0 Å². The highest BCUT2D eigenvalue weighted by Gasteiger charge is 2.36. The Bertz CT molecular complexity index is 273. The second-order valence-corrected chi connectivity index (χ2v) is 2.27. The standard InChI is InChI=1S/C4H6N6O.ClH/c5-2-1-10(3(2)11)4-6-8-9-7-4;/h2H,1,5H2,(H,6,7,8,9);1H. The number of β-lactam (4-membered cyclic amide) rings is 1. The van der Waals surface area contributed by atoms with Crippen molar-refractivity contribution >= 4 is 24.3 Å². The number of amides is 1. The number of nitrogens with two attached hydrogens (primary N) is 1. The van der Waals surface area contributed by atoms with E-state index in [0.717, 1.165) is 0 Å². The first-order valence-electron chi connectivity index (χ1n) is 3.09. The quantitative estimate of drug-likeness (QED) is 0.514. The topological polar surface area (TPSA) is 101 Å². The molecule has 2 rings (SSSR count). The zero-order valence-corrected chi connectivity index (χ0v) is 6.78. The van der Waals surface area contributed by atoms with E-state index < -0.39 is 6.04 Å². The van der Waals surface area contributed by atoms with Gasteiger partial charge in [-0.25, -0.2) is 0 Å². The minimum Gasteiger partial charge on any atom is -0.318 e. The molecule has 0 bridgehead atoms. The van der Waals surface area contributed by atoms with Crippen LogP contribution < -0.4 is 10.6 Å². The molecule has 1 aromatic rings. The maximum absolute atomic E-state index is 10.9. The fraction of sp³-hybridized carbons (Fsp3) is 0.500. The normalized spacial score (nSPS) is 21.6. The number of nitrogens with one attached hydrogen (secondary N) is 1. The van der Waals surface area contributed by atoms with E-state index in [4.69, 9.17) is 5.73 Å². The number of carbonyl (C=O) groups excluding carboxylic acids is 1. The van der Waals surface area contributed by atoms with Gasteiger partial charge in [0.1, 0.15) is 6.04 Å². The molecule has 1 amide bonds. The van der Waals surface area contributed by atoms with Crippen LogP contribution in [0.3, 0.4) is 0 Å². The summed E-state index contributed by atoms with van der Waals surface area (Å²) in [7, 11) is 0. The highest BCUT2D eigenvalue weighted by molar-refractivity contribution is 6.02. The molecular formula is C4H7ClN6O. The van der Waals surface area contributed by atoms with Crippen molar-refractivity contribution in [3.8, 4) is 0 Å². The predicted octanol–water partition coefficient (Wildman–Crippen LogP) is -1.70. The number of halogens is 1. The van der Waals surface area contributed by atoms with Gasteiger partial charge in [0.25, 0.3) is 5.95 Å². The molecule has 0 spiro atoms. The summed E-state index contributed by atoms with van der Waals surface area (Å²) in [6, 6.07) is -0.395. The smallest absolute Gasteiger partial charge is 0.272 e. The van der Waals surface area contributed by atoms with Gasteiger partial charge in [-0.1, -0.05) is 5.10 Å². The summed E-state index contributed by atoms with van der Waals surface area (Å²) in [6.45, 7) is 0.471. The lowest BCUT2D eigenvalue weighted by Gasteiger charge is -2.32. The highest BCUT2D eigenvalue weighted by atomic mass is 35.5. The van der Waals surface area contributed by atoms with Crippen LogP contribution in [0.2, 0.25) is 0 Å². The molecule has 66 valence electrons. The molecule has 0 aliphatic carbocycles. The molecule has 0 radical (unpaired) electrons. The van der Waals surface area contributed by atoms with E-state index in [1.807, 2.05) is 0 Å². The zero-order chi connectivity index (χ0) is 7.84. The molecule has 0 saturated carbocycles. The Hall–Kier alpha value is -1.21. The van der Waals surface area contributed by atoms with Crippen molar-refractivity contribution in [2.24, 2.45) is 5.73 Å². The number of rotatable bonds is 1. The number of carbonyl (C=O) groups is 1. The van der Waals surface area contributed by atoms with Crippen molar-refractivity contribution in [1.82, 2.24) is 20.6 Å². The Labute approximate surface area is 73.7 Å². The fourth-order valence-corrected chi connectivity index (χ4v) is 0.904. The Balaban J connectivity index is 0.000000720. The van der Waals surface area contributed by atoms with Crippen LogP contribution in [0.15, 0.2) is 0 Å². The Kier molecular flexibility index (Phi) is 2.25. The maximum atomic E-state index is 10.9. The van der Waals surface area contributed by atoms with Crippen molar-refractivity contribution in [3.05, 3.63) is 0 Å². The van der Waals surface area contributed by atoms with Crippen LogP contribution in [0, 0.1) is 0 Å². The third-order valence-electron chi connectivity index (χ3n) is 1.54. The van der Waals surface area contributed by atoms with E-state index in [-0.39, 0.29) is 24.3 Å². The number of H-pyrrole nitrogens is 1. The average molecular weight is 191 g/mol. The van der Waals surface area contributed by atoms with Gasteiger partial charge in [-0.15, -0.1) is 17.5 Å². The number of tetrazole rings is 1. The zero-order valence-electron chi connectivity index (χ0n) is 5.97. The number of nitrogens with zero attached hydrogens (tertiary/aromatic N) is 4. The summed E-state index contributed by atoms with van der Waals surface area (Å²) < 4.78 is 0. The molecule has 3 N–H and O–H groups in total. The molecule has 1 unspecified atom stereocenters. The van der Waals surface area contributed by atoms with Gasteiger partial charge in [0.15, 0.2) is 0 Å². The first-order valence-corrected chi connectivity index (χ1v) is 3.09. The first kappa shape index (κ1) is 8.88. The van der Waals surface area contributed by atoms with Crippen molar-refractivity contribution in [1.29, 1.82) is 0 Å². The van der Waals surface area contributed by atoms with Gasteiger partial charge < -0.3 is 5.73 Å². The third kappa shape index (κ3) is 1.12. The summed E-state index contributed by atoms with van der Waals surface area (Å²) >= 11 is 0. The van der Waals surface area contributed by atoms with Gasteiger partial charge in [-0.2, -0.15) is 5.21 Å². The van der Waals surface area contributed by atoms with Gasteiger partial charge in [0, 0.05) is 0 Å². The van der Waals surface area contributed by atoms with Crippen LogP contribution in [0.4, 0.5) is 5.95 Å². The van der Waals surface area contributed by atoms with Gasteiger partial charge >= 0.3 is 0 Å². The molecule has 1 saturated heterocycles. The lowest BCUT2D eigenvalue weighted by Crippen LogP contribution is -2.61. The highest BCUT2D eigenvalue weighted by Crippen LogP contribution is 2.13. The number of hydrogen-bond donors (Lipinski definition) is 2. The Morgan fingerprint density at radius 2 is 2.42 bits per heavy atom. The maximum Gasteiger partial charge on any atom is 0.272 e. The molecule has 8 heteroatoms. The van der Waals surface area contributed by atoms with Crippen LogP contribution >= 0.6 is 12.4 Å². The monoisotopic (exact) mass is 190 g/mol. The van der Waals surface area contributed by atoms with E-state index in [1.165, 1.54) is 4.90 Å². The fourth-order valence-electron chi connectivity index (χ4n) is 0.904. The number of aromatic nitrogens is 4. The second kappa shape index (κ2) is 3.03. The van der Waals surface area contributed by atoms with Crippen LogP contribution in [0.1, 0.15) is 0 Å². The average Bonchev–Trinajstić information content (AvgIpc) is 2.51. The summed E-state index contributed by atoms with van der Waals surface area (Å²) in [5, 5.41) is 12.8. The van der Waals surface area contributed by atoms with Crippen molar-refractivity contribution in [2.75, 3.05) is 11.4 Å². The Morgan fingerprint density at radius 3 is 2.83 bits per heavy atom. The van der Waals surface area contributed by atoms with Crippen molar-refractivity contribution in [2.45, 2.75) is 6.04 Å². The molecule has 1 atom stereocenters. The van der Waals surface area contributed by atoms with E-state index >= 15 is 0 Å². The predicted molar refractivity (Wildman–Crippen MR) is 41.8 cm³/mol. The minimum absolute atomic E-state index is 0. The van der Waals surface area contributed by atoms with E-state index in [1.54, 1.807) is 0 Å². The largest absolute Gasteiger partial charge is 0.318 e. The molecule has 0 aromatic carbocycles. The number of hydrogen-bond acceptors (Lipinski definition) is 5. The SMILES string of the molecule is Cl.NC1CN(c2nn[nH]n2)C1=O. The van der Waals surface area contributed by atoms with E-state index in [2.05, 4.69) is 20.6 Å². The lowest BCUT2D eigenvalue weighted by atomic mass is 10.1. The van der Waals surface area contributed by atoms with Gasteiger partial charge in [0.05, 0.1) is 6.54 Å². The van der Waals surface area contributed by atoms with Crippen molar-refractivity contribution in [3.63, 3.8) is 0 Å².